The molecule has 0 bridgehead atoms. The van der Waals surface area contributed by atoms with Crippen LogP contribution in [0.3, 0.4) is 0 Å². The minimum atomic E-state index is -0.272. The van der Waals surface area contributed by atoms with Gasteiger partial charge in [-0.1, -0.05) is 44.2 Å². The molecule has 1 unspecified atom stereocenters. The highest BCUT2D eigenvalue weighted by Gasteiger charge is 2.12. The normalized spacial score (nSPS) is 12.2. The van der Waals surface area contributed by atoms with Gasteiger partial charge < -0.3 is 5.32 Å². The van der Waals surface area contributed by atoms with Crippen LogP contribution in [0.1, 0.15) is 40.0 Å². The molecule has 0 fully saturated rings. The Bertz CT molecular complexity index is 531. The highest BCUT2D eigenvalue weighted by molar-refractivity contribution is 6.33. The van der Waals surface area contributed by atoms with Crippen LogP contribution in [0.2, 0.25) is 5.02 Å². The van der Waals surface area contributed by atoms with Crippen LogP contribution in [-0.2, 0) is 6.54 Å². The summed E-state index contributed by atoms with van der Waals surface area (Å²) in [7, 11) is 0. The molecular formula is C15H22ClN3O. The summed E-state index contributed by atoms with van der Waals surface area (Å²) in [6, 6.07) is 0.181. The zero-order chi connectivity index (χ0) is 15.1. The van der Waals surface area contributed by atoms with Crippen LogP contribution >= 0.6 is 11.6 Å². The van der Waals surface area contributed by atoms with E-state index in [1.54, 1.807) is 0 Å². The average Bonchev–Trinajstić information content (AvgIpc) is 2.37. The average molecular weight is 296 g/mol. The third kappa shape index (κ3) is 4.90. The van der Waals surface area contributed by atoms with E-state index in [-0.39, 0.29) is 18.1 Å². The molecule has 110 valence electrons. The molecule has 20 heavy (non-hydrogen) atoms. The van der Waals surface area contributed by atoms with Crippen molar-refractivity contribution >= 4 is 17.3 Å². The van der Waals surface area contributed by atoms with Crippen molar-refractivity contribution in [3.63, 3.8) is 0 Å². The predicted molar refractivity (Wildman–Crippen MR) is 84.1 cm³/mol. The van der Waals surface area contributed by atoms with E-state index in [1.807, 2.05) is 6.92 Å². The van der Waals surface area contributed by atoms with Crippen LogP contribution in [0.25, 0.3) is 0 Å². The molecule has 0 saturated heterocycles. The van der Waals surface area contributed by atoms with Crippen molar-refractivity contribution in [3.8, 4) is 12.3 Å². The summed E-state index contributed by atoms with van der Waals surface area (Å²) in [4.78, 5) is 12.2. The van der Waals surface area contributed by atoms with Gasteiger partial charge in [-0.15, -0.1) is 6.42 Å². The molecule has 4 nitrogen and oxygen atoms in total. The summed E-state index contributed by atoms with van der Waals surface area (Å²) in [5.41, 5.74) is 0.111. The Morgan fingerprint density at radius 1 is 1.45 bits per heavy atom. The van der Waals surface area contributed by atoms with Gasteiger partial charge in [-0.05, 0) is 19.3 Å². The Hall–Kier alpha value is -1.47. The molecule has 0 radical (unpaired) electrons. The SMILES string of the molecule is C#CCn1ncc(Cl)c(NC(C)CCCC(C)C)c1=O. The summed E-state index contributed by atoms with van der Waals surface area (Å²) < 4.78 is 1.23. The highest BCUT2D eigenvalue weighted by atomic mass is 35.5. The maximum Gasteiger partial charge on any atom is 0.292 e. The van der Waals surface area contributed by atoms with E-state index in [0.717, 1.165) is 12.8 Å². The fourth-order valence-electron chi connectivity index (χ4n) is 1.95. The smallest absolute Gasteiger partial charge is 0.292 e. The van der Waals surface area contributed by atoms with Gasteiger partial charge >= 0.3 is 0 Å². The van der Waals surface area contributed by atoms with Gasteiger partial charge in [0.25, 0.3) is 5.56 Å². The number of nitrogens with one attached hydrogen (secondary N) is 1. The molecule has 1 rings (SSSR count). The zero-order valence-corrected chi connectivity index (χ0v) is 13.1. The molecule has 1 heterocycles. The van der Waals surface area contributed by atoms with E-state index in [1.165, 1.54) is 17.3 Å². The molecule has 1 aromatic heterocycles. The Morgan fingerprint density at radius 3 is 2.75 bits per heavy atom. The summed E-state index contributed by atoms with van der Waals surface area (Å²) in [6.07, 6.45) is 9.95. The molecule has 1 N–H and O–H groups in total. The van der Waals surface area contributed by atoms with E-state index in [2.05, 4.69) is 30.2 Å². The lowest BCUT2D eigenvalue weighted by Gasteiger charge is -2.16. The molecule has 0 saturated carbocycles. The first-order valence-corrected chi connectivity index (χ1v) is 7.29. The maximum absolute atomic E-state index is 12.2. The molecule has 0 aromatic carbocycles. The second-order valence-corrected chi connectivity index (χ2v) is 5.81. The summed E-state index contributed by atoms with van der Waals surface area (Å²) >= 11 is 6.04. The molecule has 0 aliphatic heterocycles. The van der Waals surface area contributed by atoms with Crippen LogP contribution < -0.4 is 10.9 Å². The molecule has 0 amide bonds. The molecule has 1 atom stereocenters. The van der Waals surface area contributed by atoms with Crippen molar-refractivity contribution in [1.82, 2.24) is 9.78 Å². The monoisotopic (exact) mass is 295 g/mol. The fraction of sp³-hybridized carbons (Fsp3) is 0.600. The van der Waals surface area contributed by atoms with Gasteiger partial charge in [0.15, 0.2) is 0 Å². The summed E-state index contributed by atoms with van der Waals surface area (Å²) in [6.45, 7) is 6.60. The van der Waals surface area contributed by atoms with Gasteiger partial charge in [-0.2, -0.15) is 5.10 Å². The van der Waals surface area contributed by atoms with Crippen molar-refractivity contribution in [2.75, 3.05) is 5.32 Å². The third-order valence-corrected chi connectivity index (χ3v) is 3.33. The quantitative estimate of drug-likeness (QED) is 0.786. The Kier molecular flexibility index (Phi) is 6.60. The largest absolute Gasteiger partial charge is 0.377 e. The molecule has 0 aliphatic carbocycles. The third-order valence-electron chi connectivity index (χ3n) is 3.05. The fourth-order valence-corrected chi connectivity index (χ4v) is 2.13. The second kappa shape index (κ2) is 7.96. The minimum absolute atomic E-state index is 0.145. The van der Waals surface area contributed by atoms with Crippen molar-refractivity contribution in [2.24, 2.45) is 5.92 Å². The maximum atomic E-state index is 12.2. The lowest BCUT2D eigenvalue weighted by Crippen LogP contribution is -2.28. The van der Waals surface area contributed by atoms with Gasteiger partial charge in [-0.25, -0.2) is 4.68 Å². The standard InChI is InChI=1S/C15H22ClN3O/c1-5-9-19-15(20)14(13(16)10-17-19)18-12(4)8-6-7-11(2)3/h1,10-12,18H,6-9H2,2-4H3. The number of rotatable bonds is 7. The number of hydrogen-bond acceptors (Lipinski definition) is 3. The predicted octanol–water partition coefficient (Wildman–Crippen LogP) is 3.16. The van der Waals surface area contributed by atoms with Crippen LogP contribution in [0, 0.1) is 18.3 Å². The molecule has 0 spiro atoms. The first kappa shape index (κ1) is 16.6. The number of aromatic nitrogens is 2. The van der Waals surface area contributed by atoms with Crippen LogP contribution in [0.5, 0.6) is 0 Å². The number of nitrogens with zero attached hydrogens (tertiary/aromatic N) is 2. The number of anilines is 1. The van der Waals surface area contributed by atoms with E-state index in [0.29, 0.717) is 16.6 Å². The highest BCUT2D eigenvalue weighted by Crippen LogP contribution is 2.18. The minimum Gasteiger partial charge on any atom is -0.377 e. The van der Waals surface area contributed by atoms with E-state index < -0.39 is 0 Å². The van der Waals surface area contributed by atoms with Gasteiger partial charge in [0.05, 0.1) is 11.2 Å². The van der Waals surface area contributed by atoms with E-state index >= 15 is 0 Å². The second-order valence-electron chi connectivity index (χ2n) is 5.40. The molecule has 0 aliphatic rings. The molecule has 5 heteroatoms. The van der Waals surface area contributed by atoms with Crippen molar-refractivity contribution in [3.05, 3.63) is 21.6 Å². The van der Waals surface area contributed by atoms with Crippen molar-refractivity contribution in [2.45, 2.75) is 52.6 Å². The zero-order valence-electron chi connectivity index (χ0n) is 12.3. The lowest BCUT2D eigenvalue weighted by molar-refractivity contribution is 0.520. The van der Waals surface area contributed by atoms with Gasteiger partial charge in [0.2, 0.25) is 0 Å². The first-order valence-electron chi connectivity index (χ1n) is 6.91. The van der Waals surface area contributed by atoms with Gasteiger partial charge in [-0.3, -0.25) is 4.79 Å². The number of halogens is 1. The molecular weight excluding hydrogens is 274 g/mol. The Balaban J connectivity index is 2.74. The van der Waals surface area contributed by atoms with Crippen LogP contribution in [-0.4, -0.2) is 15.8 Å². The number of terminal acetylenes is 1. The topological polar surface area (TPSA) is 46.9 Å². The van der Waals surface area contributed by atoms with Crippen LogP contribution in [0.4, 0.5) is 5.69 Å². The van der Waals surface area contributed by atoms with Gasteiger partial charge in [0.1, 0.15) is 12.2 Å². The molecule has 1 aromatic rings. The first-order chi connectivity index (χ1) is 9.45. The van der Waals surface area contributed by atoms with E-state index in [4.69, 9.17) is 18.0 Å². The van der Waals surface area contributed by atoms with Crippen molar-refractivity contribution in [1.29, 1.82) is 0 Å². The lowest BCUT2D eigenvalue weighted by atomic mass is 10.0. The van der Waals surface area contributed by atoms with E-state index in [9.17, 15) is 4.79 Å². The van der Waals surface area contributed by atoms with Crippen LogP contribution in [0.15, 0.2) is 11.0 Å². The Labute approximate surface area is 125 Å². The number of hydrogen-bond donors (Lipinski definition) is 1. The summed E-state index contributed by atoms with van der Waals surface area (Å²) in [5.74, 6) is 3.10. The van der Waals surface area contributed by atoms with Crippen molar-refractivity contribution < 1.29 is 0 Å². The Morgan fingerprint density at radius 2 is 2.15 bits per heavy atom. The summed E-state index contributed by atoms with van der Waals surface area (Å²) in [5, 5.41) is 7.42. The van der Waals surface area contributed by atoms with Gasteiger partial charge in [0, 0.05) is 6.04 Å².